The van der Waals surface area contributed by atoms with Gasteiger partial charge in [0.05, 0.1) is 10.6 Å². The maximum atomic E-state index is 13.0. The van der Waals surface area contributed by atoms with Crippen LogP contribution >= 0.6 is 0 Å². The molecule has 0 radical (unpaired) electrons. The molecule has 0 aliphatic heterocycles. The molecule has 6 nitrogen and oxygen atoms in total. The summed E-state index contributed by atoms with van der Waals surface area (Å²) in [5, 5.41) is 4.54. The van der Waals surface area contributed by atoms with Crippen LogP contribution in [0.1, 0.15) is 32.3 Å². The van der Waals surface area contributed by atoms with E-state index in [0.717, 1.165) is 16.3 Å². The fourth-order valence-electron chi connectivity index (χ4n) is 3.79. The first-order valence-electron chi connectivity index (χ1n) is 11.4. The zero-order valence-electron chi connectivity index (χ0n) is 19.9. The van der Waals surface area contributed by atoms with E-state index in [-0.39, 0.29) is 16.7 Å². The second-order valence-corrected chi connectivity index (χ2v) is 10.3. The number of anilines is 2. The zero-order chi connectivity index (χ0) is 25.0. The monoisotopic (exact) mass is 488 g/mol. The third-order valence-corrected chi connectivity index (χ3v) is 7.06. The van der Waals surface area contributed by atoms with E-state index in [9.17, 15) is 13.2 Å². The number of amides is 1. The molecule has 2 N–H and O–H groups in total. The highest BCUT2D eigenvalue weighted by atomic mass is 32.2. The van der Waals surface area contributed by atoms with Gasteiger partial charge in [0.1, 0.15) is 5.75 Å². The van der Waals surface area contributed by atoms with Gasteiger partial charge in [0.15, 0.2) is 6.10 Å². The Morgan fingerprint density at radius 2 is 1.46 bits per heavy atom. The van der Waals surface area contributed by atoms with Gasteiger partial charge in [-0.25, -0.2) is 8.42 Å². The maximum Gasteiger partial charge on any atom is 0.265 e. The molecule has 7 heteroatoms. The number of para-hydroxylation sites is 1. The number of ether oxygens (including phenoxy) is 1. The molecule has 0 saturated carbocycles. The van der Waals surface area contributed by atoms with Gasteiger partial charge in [-0.1, -0.05) is 68.4 Å². The van der Waals surface area contributed by atoms with Crippen molar-refractivity contribution in [2.24, 2.45) is 0 Å². The molecule has 4 aromatic rings. The van der Waals surface area contributed by atoms with Gasteiger partial charge in [0.25, 0.3) is 15.9 Å². The van der Waals surface area contributed by atoms with Crippen LogP contribution in [0.3, 0.4) is 0 Å². The SMILES string of the molecule is CC(Oc1ccccc1C(C)C)C(=O)Nc1ccc(S(=O)(=O)Nc2cccc3ccccc23)cc1. The van der Waals surface area contributed by atoms with Crippen LogP contribution < -0.4 is 14.8 Å². The lowest BCUT2D eigenvalue weighted by Gasteiger charge is -2.18. The summed E-state index contributed by atoms with van der Waals surface area (Å²) in [7, 11) is -3.81. The van der Waals surface area contributed by atoms with E-state index >= 15 is 0 Å². The van der Waals surface area contributed by atoms with E-state index in [1.165, 1.54) is 12.1 Å². The first kappa shape index (κ1) is 24.3. The summed E-state index contributed by atoms with van der Waals surface area (Å²) in [5.41, 5.74) is 2.01. The summed E-state index contributed by atoms with van der Waals surface area (Å²) in [5.74, 6) is 0.609. The largest absolute Gasteiger partial charge is 0.481 e. The summed E-state index contributed by atoms with van der Waals surface area (Å²) < 4.78 is 34.5. The highest BCUT2D eigenvalue weighted by Gasteiger charge is 2.19. The fraction of sp³-hybridized carbons (Fsp3) is 0.179. The molecule has 35 heavy (non-hydrogen) atoms. The normalized spacial score (nSPS) is 12.3. The number of carbonyl (C=O) groups is 1. The summed E-state index contributed by atoms with van der Waals surface area (Å²) in [6.45, 7) is 5.81. The lowest BCUT2D eigenvalue weighted by Crippen LogP contribution is -2.30. The summed E-state index contributed by atoms with van der Waals surface area (Å²) in [4.78, 5) is 12.8. The average Bonchev–Trinajstić information content (AvgIpc) is 2.84. The minimum absolute atomic E-state index is 0.0959. The van der Waals surface area contributed by atoms with E-state index < -0.39 is 16.1 Å². The Kier molecular flexibility index (Phi) is 7.07. The summed E-state index contributed by atoms with van der Waals surface area (Å²) in [6.07, 6.45) is -0.730. The van der Waals surface area contributed by atoms with Crippen molar-refractivity contribution in [1.29, 1.82) is 0 Å². The minimum Gasteiger partial charge on any atom is -0.481 e. The topological polar surface area (TPSA) is 84.5 Å². The predicted octanol–water partition coefficient (Wildman–Crippen LogP) is 6.17. The summed E-state index contributed by atoms with van der Waals surface area (Å²) >= 11 is 0. The molecule has 0 aliphatic rings. The van der Waals surface area contributed by atoms with Crippen molar-refractivity contribution >= 4 is 38.1 Å². The first-order chi connectivity index (χ1) is 16.7. The van der Waals surface area contributed by atoms with Crippen LogP contribution in [0.15, 0.2) is 95.9 Å². The van der Waals surface area contributed by atoms with Gasteiger partial charge in [-0.2, -0.15) is 0 Å². The first-order valence-corrected chi connectivity index (χ1v) is 12.9. The fourth-order valence-corrected chi connectivity index (χ4v) is 4.87. The molecule has 1 atom stereocenters. The van der Waals surface area contributed by atoms with E-state index in [1.54, 1.807) is 25.1 Å². The highest BCUT2D eigenvalue weighted by molar-refractivity contribution is 7.92. The van der Waals surface area contributed by atoms with E-state index in [2.05, 4.69) is 23.9 Å². The number of nitrogens with one attached hydrogen (secondary N) is 2. The van der Waals surface area contributed by atoms with E-state index in [4.69, 9.17) is 4.74 Å². The number of rotatable bonds is 8. The quantitative estimate of drug-likeness (QED) is 0.311. The Hall–Kier alpha value is -3.84. The lowest BCUT2D eigenvalue weighted by molar-refractivity contribution is -0.122. The van der Waals surface area contributed by atoms with Gasteiger partial charge in [0.2, 0.25) is 0 Å². The van der Waals surface area contributed by atoms with Gasteiger partial charge in [0, 0.05) is 11.1 Å². The van der Waals surface area contributed by atoms with E-state index in [0.29, 0.717) is 17.1 Å². The van der Waals surface area contributed by atoms with Crippen molar-refractivity contribution in [3.8, 4) is 5.75 Å². The van der Waals surface area contributed by atoms with Crippen molar-refractivity contribution in [3.63, 3.8) is 0 Å². The summed E-state index contributed by atoms with van der Waals surface area (Å²) in [6, 6.07) is 26.7. The molecule has 0 aromatic heterocycles. The molecule has 1 amide bonds. The minimum atomic E-state index is -3.81. The highest BCUT2D eigenvalue weighted by Crippen LogP contribution is 2.28. The van der Waals surface area contributed by atoms with Gasteiger partial charge < -0.3 is 10.1 Å². The molecule has 4 aromatic carbocycles. The van der Waals surface area contributed by atoms with Crippen LogP contribution in [0.25, 0.3) is 10.8 Å². The van der Waals surface area contributed by atoms with Crippen LogP contribution in [0.2, 0.25) is 0 Å². The Balaban J connectivity index is 1.44. The zero-order valence-corrected chi connectivity index (χ0v) is 20.7. The van der Waals surface area contributed by atoms with Crippen LogP contribution in [-0.2, 0) is 14.8 Å². The van der Waals surface area contributed by atoms with Crippen LogP contribution in [-0.4, -0.2) is 20.4 Å². The second-order valence-electron chi connectivity index (χ2n) is 8.60. The molecule has 1 unspecified atom stereocenters. The predicted molar refractivity (Wildman–Crippen MR) is 140 cm³/mol. The molecule has 0 spiro atoms. The smallest absolute Gasteiger partial charge is 0.265 e. The van der Waals surface area contributed by atoms with Crippen LogP contribution in [0.4, 0.5) is 11.4 Å². The molecule has 0 fully saturated rings. The second kappa shape index (κ2) is 10.2. The maximum absolute atomic E-state index is 13.0. The molecular formula is C28H28N2O4S. The number of sulfonamides is 1. The van der Waals surface area contributed by atoms with Crippen LogP contribution in [0, 0.1) is 0 Å². The molecule has 0 aliphatic carbocycles. The molecular weight excluding hydrogens is 460 g/mol. The number of hydrogen-bond donors (Lipinski definition) is 2. The van der Waals surface area contributed by atoms with Gasteiger partial charge in [-0.15, -0.1) is 0 Å². The van der Waals surface area contributed by atoms with Crippen molar-refractivity contribution in [2.75, 3.05) is 10.0 Å². The van der Waals surface area contributed by atoms with E-state index in [1.807, 2.05) is 60.7 Å². The molecule has 4 rings (SSSR count). The number of hydrogen-bond acceptors (Lipinski definition) is 4. The molecule has 0 saturated heterocycles. The lowest BCUT2D eigenvalue weighted by atomic mass is 10.0. The Morgan fingerprint density at radius 3 is 2.20 bits per heavy atom. The third kappa shape index (κ3) is 5.63. The Labute approximate surface area is 206 Å². The standard InChI is InChI=1S/C28H28N2O4S/c1-19(2)24-11-6-7-14-27(24)34-20(3)28(31)29-22-15-17-23(18-16-22)35(32,33)30-26-13-8-10-21-9-4-5-12-25(21)26/h4-20,30H,1-3H3,(H,29,31). The van der Waals surface area contributed by atoms with Crippen molar-refractivity contribution < 1.29 is 17.9 Å². The van der Waals surface area contributed by atoms with Crippen molar-refractivity contribution in [1.82, 2.24) is 0 Å². The average molecular weight is 489 g/mol. The third-order valence-electron chi connectivity index (χ3n) is 5.68. The Bertz CT molecular complexity index is 1440. The van der Waals surface area contributed by atoms with Crippen molar-refractivity contribution in [2.45, 2.75) is 37.7 Å². The van der Waals surface area contributed by atoms with Gasteiger partial charge in [-0.3, -0.25) is 9.52 Å². The van der Waals surface area contributed by atoms with Gasteiger partial charge >= 0.3 is 0 Å². The molecule has 0 heterocycles. The number of benzene rings is 4. The molecule has 0 bridgehead atoms. The Morgan fingerprint density at radius 1 is 0.800 bits per heavy atom. The molecule has 180 valence electrons. The van der Waals surface area contributed by atoms with Crippen molar-refractivity contribution in [3.05, 3.63) is 96.6 Å². The number of fused-ring (bicyclic) bond motifs is 1. The van der Waals surface area contributed by atoms with Crippen LogP contribution in [0.5, 0.6) is 5.75 Å². The number of carbonyl (C=O) groups excluding carboxylic acids is 1. The van der Waals surface area contributed by atoms with Gasteiger partial charge in [-0.05, 0) is 60.2 Å².